The first-order chi connectivity index (χ1) is 12.2. The van der Waals surface area contributed by atoms with Gasteiger partial charge in [-0.05, 0) is 30.7 Å². The predicted octanol–water partition coefficient (Wildman–Crippen LogP) is 3.65. The Bertz CT molecular complexity index is 560. The van der Waals surface area contributed by atoms with Crippen LogP contribution < -0.4 is 10.2 Å². The van der Waals surface area contributed by atoms with E-state index in [1.54, 1.807) is 11.8 Å². The van der Waals surface area contributed by atoms with Crippen molar-refractivity contribution >= 4 is 23.5 Å². The zero-order valence-electron chi connectivity index (χ0n) is 15.8. The fourth-order valence-electron chi connectivity index (χ4n) is 2.94. The molecule has 0 saturated carbocycles. The van der Waals surface area contributed by atoms with Crippen molar-refractivity contribution in [3.63, 3.8) is 0 Å². The fourth-order valence-corrected chi connectivity index (χ4v) is 3.77. The summed E-state index contributed by atoms with van der Waals surface area (Å²) in [6.07, 6.45) is 4.63. The first kappa shape index (κ1) is 20.0. The highest BCUT2D eigenvalue weighted by Crippen LogP contribution is 2.28. The zero-order valence-corrected chi connectivity index (χ0v) is 16.6. The van der Waals surface area contributed by atoms with E-state index in [-0.39, 0.29) is 5.91 Å². The molecule has 0 spiro atoms. The standard InChI is InChI=1S/C19H31N3O2S/c1-4-6-7-8-9-20-18(23)17-15(3)14-16(21-19(17)25-5-2)22-10-12-24-13-11-22/h14H,4-13H2,1-3H3,(H,20,23). The highest BCUT2D eigenvalue weighted by atomic mass is 32.2. The summed E-state index contributed by atoms with van der Waals surface area (Å²) in [5.74, 6) is 1.86. The van der Waals surface area contributed by atoms with Crippen molar-refractivity contribution in [1.29, 1.82) is 0 Å². The number of nitrogens with one attached hydrogen (secondary N) is 1. The number of anilines is 1. The summed E-state index contributed by atoms with van der Waals surface area (Å²) in [5.41, 5.74) is 1.73. The van der Waals surface area contributed by atoms with Crippen LogP contribution in [0.4, 0.5) is 5.82 Å². The lowest BCUT2D eigenvalue weighted by Gasteiger charge is -2.28. The molecule has 0 bridgehead atoms. The number of aryl methyl sites for hydroxylation is 1. The number of amides is 1. The van der Waals surface area contributed by atoms with Gasteiger partial charge in [-0.3, -0.25) is 4.79 Å². The molecule has 0 aliphatic carbocycles. The van der Waals surface area contributed by atoms with Crippen LogP contribution in [-0.2, 0) is 4.74 Å². The van der Waals surface area contributed by atoms with Gasteiger partial charge < -0.3 is 15.0 Å². The Morgan fingerprint density at radius 3 is 2.72 bits per heavy atom. The molecule has 2 rings (SSSR count). The second-order valence-electron chi connectivity index (χ2n) is 6.33. The molecule has 1 fully saturated rings. The van der Waals surface area contributed by atoms with Gasteiger partial charge in [0.15, 0.2) is 0 Å². The second-order valence-corrected chi connectivity index (χ2v) is 7.58. The summed E-state index contributed by atoms with van der Waals surface area (Å²) >= 11 is 1.64. The lowest BCUT2D eigenvalue weighted by Crippen LogP contribution is -2.37. The van der Waals surface area contributed by atoms with Crippen LogP contribution in [0.2, 0.25) is 0 Å². The number of nitrogens with zero attached hydrogens (tertiary/aromatic N) is 2. The lowest BCUT2D eigenvalue weighted by molar-refractivity contribution is 0.0948. The van der Waals surface area contributed by atoms with Gasteiger partial charge in [0.2, 0.25) is 0 Å². The van der Waals surface area contributed by atoms with Crippen molar-refractivity contribution in [3.05, 3.63) is 17.2 Å². The highest BCUT2D eigenvalue weighted by Gasteiger charge is 2.20. The Hall–Kier alpha value is -1.27. The van der Waals surface area contributed by atoms with E-state index in [0.29, 0.717) is 0 Å². The number of ether oxygens (including phenoxy) is 1. The SMILES string of the molecule is CCCCCCNC(=O)c1c(C)cc(N2CCOCC2)nc1SCC. The fraction of sp³-hybridized carbons (Fsp3) is 0.684. The van der Waals surface area contributed by atoms with Gasteiger partial charge in [0.1, 0.15) is 10.8 Å². The van der Waals surface area contributed by atoms with E-state index in [1.165, 1.54) is 19.3 Å². The molecule has 0 atom stereocenters. The van der Waals surface area contributed by atoms with Gasteiger partial charge in [0, 0.05) is 19.6 Å². The van der Waals surface area contributed by atoms with Crippen LogP contribution in [0, 0.1) is 6.92 Å². The van der Waals surface area contributed by atoms with Crippen LogP contribution in [0.1, 0.15) is 55.5 Å². The van der Waals surface area contributed by atoms with Crippen molar-refractivity contribution < 1.29 is 9.53 Å². The number of morpholine rings is 1. The monoisotopic (exact) mass is 365 g/mol. The van der Waals surface area contributed by atoms with Gasteiger partial charge >= 0.3 is 0 Å². The molecule has 5 nitrogen and oxygen atoms in total. The van der Waals surface area contributed by atoms with Crippen LogP contribution in [0.15, 0.2) is 11.1 Å². The molecule has 1 aromatic rings. The molecule has 1 aromatic heterocycles. The van der Waals surface area contributed by atoms with E-state index >= 15 is 0 Å². The van der Waals surface area contributed by atoms with Gasteiger partial charge in [-0.1, -0.05) is 33.1 Å². The minimum absolute atomic E-state index is 0.00553. The predicted molar refractivity (Wildman–Crippen MR) is 105 cm³/mol. The number of carbonyl (C=O) groups is 1. The highest BCUT2D eigenvalue weighted by molar-refractivity contribution is 7.99. The third-order valence-corrected chi connectivity index (χ3v) is 5.19. The quantitative estimate of drug-likeness (QED) is 0.535. The normalized spacial score (nSPS) is 14.6. The number of thioether (sulfide) groups is 1. The summed E-state index contributed by atoms with van der Waals surface area (Å²) < 4.78 is 5.42. The first-order valence-electron chi connectivity index (χ1n) is 9.42. The topological polar surface area (TPSA) is 54.5 Å². The maximum Gasteiger partial charge on any atom is 0.254 e. The van der Waals surface area contributed by atoms with Crippen LogP contribution in [0.5, 0.6) is 0 Å². The molecule has 1 aliphatic heterocycles. The summed E-state index contributed by atoms with van der Waals surface area (Å²) in [5, 5.41) is 3.91. The van der Waals surface area contributed by atoms with Crippen molar-refractivity contribution in [3.8, 4) is 0 Å². The number of hydrogen-bond donors (Lipinski definition) is 1. The summed E-state index contributed by atoms with van der Waals surface area (Å²) in [4.78, 5) is 19.7. The summed E-state index contributed by atoms with van der Waals surface area (Å²) in [7, 11) is 0. The number of pyridine rings is 1. The van der Waals surface area contributed by atoms with Crippen LogP contribution >= 0.6 is 11.8 Å². The minimum atomic E-state index is 0.00553. The van der Waals surface area contributed by atoms with Crippen LogP contribution in [0.25, 0.3) is 0 Å². The van der Waals surface area contributed by atoms with Crippen molar-refractivity contribution in [1.82, 2.24) is 10.3 Å². The van der Waals surface area contributed by atoms with Gasteiger partial charge in [-0.15, -0.1) is 11.8 Å². The maximum atomic E-state index is 12.7. The average molecular weight is 366 g/mol. The Kier molecular flexibility index (Phi) is 8.55. The third-order valence-electron chi connectivity index (χ3n) is 4.33. The average Bonchev–Trinajstić information content (AvgIpc) is 2.62. The van der Waals surface area contributed by atoms with Crippen molar-refractivity contribution in [2.75, 3.05) is 43.5 Å². The first-order valence-corrected chi connectivity index (χ1v) is 10.4. The van der Waals surface area contributed by atoms with Crippen molar-refractivity contribution in [2.24, 2.45) is 0 Å². The zero-order chi connectivity index (χ0) is 18.1. The van der Waals surface area contributed by atoms with E-state index in [2.05, 4.69) is 24.1 Å². The van der Waals surface area contributed by atoms with Crippen molar-refractivity contribution in [2.45, 2.75) is 51.5 Å². The van der Waals surface area contributed by atoms with E-state index in [9.17, 15) is 4.79 Å². The molecular weight excluding hydrogens is 334 g/mol. The number of aromatic nitrogens is 1. The molecule has 0 radical (unpaired) electrons. The molecule has 1 amide bonds. The van der Waals surface area contributed by atoms with E-state index in [0.717, 1.165) is 67.0 Å². The molecule has 1 aliphatic rings. The van der Waals surface area contributed by atoms with Gasteiger partial charge in [0.05, 0.1) is 18.8 Å². The number of rotatable bonds is 9. The maximum absolute atomic E-state index is 12.7. The molecule has 1 saturated heterocycles. The number of carbonyl (C=O) groups excluding carboxylic acids is 1. The molecule has 25 heavy (non-hydrogen) atoms. The van der Waals surface area contributed by atoms with E-state index in [4.69, 9.17) is 9.72 Å². The minimum Gasteiger partial charge on any atom is -0.378 e. The number of hydrogen-bond acceptors (Lipinski definition) is 5. The lowest BCUT2D eigenvalue weighted by atomic mass is 10.1. The van der Waals surface area contributed by atoms with Gasteiger partial charge in [-0.2, -0.15) is 0 Å². The van der Waals surface area contributed by atoms with Crippen LogP contribution in [-0.4, -0.2) is 49.5 Å². The van der Waals surface area contributed by atoms with Crippen LogP contribution in [0.3, 0.4) is 0 Å². The molecule has 140 valence electrons. The van der Waals surface area contributed by atoms with E-state index < -0.39 is 0 Å². The third kappa shape index (κ3) is 5.89. The largest absolute Gasteiger partial charge is 0.378 e. The Labute approximate surface area is 155 Å². The molecule has 6 heteroatoms. The molecule has 0 aromatic carbocycles. The van der Waals surface area contributed by atoms with E-state index in [1.807, 2.05) is 13.0 Å². The Morgan fingerprint density at radius 2 is 2.04 bits per heavy atom. The molecular formula is C19H31N3O2S. The number of unbranched alkanes of at least 4 members (excludes halogenated alkanes) is 3. The Morgan fingerprint density at radius 1 is 1.28 bits per heavy atom. The van der Waals surface area contributed by atoms with Gasteiger partial charge in [-0.25, -0.2) is 4.98 Å². The second kappa shape index (κ2) is 10.7. The smallest absolute Gasteiger partial charge is 0.254 e. The molecule has 0 unspecified atom stereocenters. The summed E-state index contributed by atoms with van der Waals surface area (Å²) in [6.45, 7) is 10.2. The van der Waals surface area contributed by atoms with Gasteiger partial charge in [0.25, 0.3) is 5.91 Å². The molecule has 2 heterocycles. The Balaban J connectivity index is 2.11. The summed E-state index contributed by atoms with van der Waals surface area (Å²) in [6, 6.07) is 2.04. The molecule has 1 N–H and O–H groups in total.